The minimum absolute atomic E-state index is 0.114. The summed E-state index contributed by atoms with van der Waals surface area (Å²) in [4.78, 5) is 0. The molecule has 15 heavy (non-hydrogen) atoms. The van der Waals surface area contributed by atoms with E-state index in [0.29, 0.717) is 6.42 Å². The lowest BCUT2D eigenvalue weighted by Crippen LogP contribution is -2.48. The zero-order chi connectivity index (χ0) is 11.4. The summed E-state index contributed by atoms with van der Waals surface area (Å²) >= 11 is 0. The van der Waals surface area contributed by atoms with Crippen LogP contribution in [-0.4, -0.2) is 58.1 Å². The highest BCUT2D eigenvalue weighted by atomic mass is 16.3. The van der Waals surface area contributed by atoms with Crippen LogP contribution >= 0.6 is 0 Å². The number of hydrogen-bond acceptors (Lipinski definition) is 5. The number of hydrogen-bond donors (Lipinski definition) is 5. The van der Waals surface area contributed by atoms with Crippen LogP contribution in [0.25, 0.3) is 0 Å². The van der Waals surface area contributed by atoms with Gasteiger partial charge in [0.15, 0.2) is 0 Å². The molecule has 0 aromatic rings. The van der Waals surface area contributed by atoms with Gasteiger partial charge >= 0.3 is 0 Å². The van der Waals surface area contributed by atoms with Crippen LogP contribution in [0.4, 0.5) is 0 Å². The van der Waals surface area contributed by atoms with Crippen LogP contribution in [0.3, 0.4) is 0 Å². The molecule has 5 unspecified atom stereocenters. The lowest BCUT2D eigenvalue weighted by Gasteiger charge is -2.43. The van der Waals surface area contributed by atoms with Crippen molar-refractivity contribution in [2.75, 3.05) is 26.4 Å². The molecule has 0 spiro atoms. The van der Waals surface area contributed by atoms with Gasteiger partial charge in [-0.3, -0.25) is 0 Å². The highest BCUT2D eigenvalue weighted by Crippen LogP contribution is 2.38. The standard InChI is InChI=1S/C10H20O5/c11-2-6-1-10(15)9(5-14)8(4-13)7(6)3-12/h6-15H,1-5H2. The van der Waals surface area contributed by atoms with Gasteiger partial charge < -0.3 is 25.5 Å². The smallest absolute Gasteiger partial charge is 0.0597 e. The fourth-order valence-electron chi connectivity index (χ4n) is 2.63. The van der Waals surface area contributed by atoms with Crippen LogP contribution in [0.1, 0.15) is 6.42 Å². The van der Waals surface area contributed by atoms with Gasteiger partial charge in [0.2, 0.25) is 0 Å². The van der Waals surface area contributed by atoms with Crippen LogP contribution in [0.15, 0.2) is 0 Å². The van der Waals surface area contributed by atoms with Gasteiger partial charge in [-0.25, -0.2) is 0 Å². The van der Waals surface area contributed by atoms with E-state index in [4.69, 9.17) is 10.2 Å². The van der Waals surface area contributed by atoms with Gasteiger partial charge in [0.25, 0.3) is 0 Å². The van der Waals surface area contributed by atoms with E-state index in [1.165, 1.54) is 0 Å². The van der Waals surface area contributed by atoms with Gasteiger partial charge in [-0.15, -0.1) is 0 Å². The summed E-state index contributed by atoms with van der Waals surface area (Å²) in [5, 5.41) is 46.4. The van der Waals surface area contributed by atoms with Gasteiger partial charge in [-0.05, 0) is 24.2 Å². The summed E-state index contributed by atoms with van der Waals surface area (Å²) in [7, 11) is 0. The Morgan fingerprint density at radius 1 is 0.733 bits per heavy atom. The summed E-state index contributed by atoms with van der Waals surface area (Å²) in [6.45, 7) is -0.651. The van der Waals surface area contributed by atoms with E-state index in [1.807, 2.05) is 0 Å². The quantitative estimate of drug-likeness (QED) is 0.384. The molecule has 5 atom stereocenters. The molecule has 0 saturated heterocycles. The van der Waals surface area contributed by atoms with E-state index in [2.05, 4.69) is 0 Å². The molecule has 5 N–H and O–H groups in total. The van der Waals surface area contributed by atoms with E-state index in [9.17, 15) is 15.3 Å². The molecular formula is C10H20O5. The second-order valence-electron chi connectivity index (χ2n) is 4.28. The zero-order valence-electron chi connectivity index (χ0n) is 8.66. The van der Waals surface area contributed by atoms with Crippen molar-refractivity contribution in [3.05, 3.63) is 0 Å². The molecule has 0 amide bonds. The van der Waals surface area contributed by atoms with Crippen molar-refractivity contribution in [2.45, 2.75) is 12.5 Å². The van der Waals surface area contributed by atoms with Crippen molar-refractivity contribution in [1.29, 1.82) is 0 Å². The van der Waals surface area contributed by atoms with Crippen LogP contribution in [0.5, 0.6) is 0 Å². The average molecular weight is 220 g/mol. The maximum Gasteiger partial charge on any atom is 0.0597 e. The van der Waals surface area contributed by atoms with Crippen molar-refractivity contribution in [3.63, 3.8) is 0 Å². The molecule has 5 nitrogen and oxygen atoms in total. The maximum atomic E-state index is 9.72. The predicted octanol–water partition coefficient (Wildman–Crippen LogP) is -1.81. The van der Waals surface area contributed by atoms with Crippen molar-refractivity contribution < 1.29 is 25.5 Å². The minimum Gasteiger partial charge on any atom is -0.396 e. The second kappa shape index (κ2) is 5.77. The first-order valence-corrected chi connectivity index (χ1v) is 5.31. The monoisotopic (exact) mass is 220 g/mol. The summed E-state index contributed by atoms with van der Waals surface area (Å²) in [6, 6.07) is 0. The minimum atomic E-state index is -0.716. The summed E-state index contributed by atoms with van der Waals surface area (Å²) < 4.78 is 0. The van der Waals surface area contributed by atoms with Crippen molar-refractivity contribution in [2.24, 2.45) is 23.7 Å². The highest BCUT2D eigenvalue weighted by molar-refractivity contribution is 4.91. The summed E-state index contributed by atoms with van der Waals surface area (Å²) in [5.74, 6) is -1.21. The van der Waals surface area contributed by atoms with Gasteiger partial charge in [-0.2, -0.15) is 0 Å². The van der Waals surface area contributed by atoms with Crippen LogP contribution in [0, 0.1) is 23.7 Å². The Hall–Kier alpha value is -0.200. The molecule has 1 aliphatic rings. The average Bonchev–Trinajstić information content (AvgIpc) is 2.27. The summed E-state index contributed by atoms with van der Waals surface area (Å²) in [5.41, 5.74) is 0. The van der Waals surface area contributed by atoms with E-state index < -0.39 is 12.0 Å². The molecule has 1 saturated carbocycles. The zero-order valence-corrected chi connectivity index (χ0v) is 8.66. The molecule has 1 fully saturated rings. The highest BCUT2D eigenvalue weighted by Gasteiger charge is 2.42. The van der Waals surface area contributed by atoms with Crippen LogP contribution in [-0.2, 0) is 0 Å². The van der Waals surface area contributed by atoms with Crippen molar-refractivity contribution in [3.8, 4) is 0 Å². The molecule has 0 bridgehead atoms. The summed E-state index contributed by atoms with van der Waals surface area (Å²) in [6.07, 6.45) is -0.351. The maximum absolute atomic E-state index is 9.72. The molecule has 0 heterocycles. The molecule has 0 radical (unpaired) electrons. The number of aliphatic hydroxyl groups is 5. The molecule has 0 aromatic carbocycles. The Kier molecular flexibility index (Phi) is 4.95. The lowest BCUT2D eigenvalue weighted by molar-refractivity contribution is -0.0928. The van der Waals surface area contributed by atoms with Crippen LogP contribution < -0.4 is 0 Å². The van der Waals surface area contributed by atoms with E-state index >= 15 is 0 Å². The molecule has 1 aliphatic carbocycles. The third-order valence-electron chi connectivity index (χ3n) is 3.61. The Labute approximate surface area is 89.0 Å². The molecule has 0 aromatic heterocycles. The largest absolute Gasteiger partial charge is 0.396 e. The van der Waals surface area contributed by atoms with E-state index in [-0.39, 0.29) is 44.2 Å². The second-order valence-corrected chi connectivity index (χ2v) is 4.28. The number of aliphatic hydroxyl groups excluding tert-OH is 5. The fourth-order valence-corrected chi connectivity index (χ4v) is 2.63. The third-order valence-corrected chi connectivity index (χ3v) is 3.61. The number of rotatable bonds is 4. The first-order chi connectivity index (χ1) is 7.19. The fraction of sp³-hybridized carbons (Fsp3) is 1.00. The molecule has 1 rings (SSSR count). The Balaban J connectivity index is 2.80. The lowest BCUT2D eigenvalue weighted by atomic mass is 9.66. The SMILES string of the molecule is OCC1CC(O)C(CO)C(CO)C1CO. The van der Waals surface area contributed by atoms with E-state index in [1.54, 1.807) is 0 Å². The molecule has 90 valence electrons. The normalized spacial score (nSPS) is 41.8. The molecule has 0 aliphatic heterocycles. The Bertz CT molecular complexity index is 187. The van der Waals surface area contributed by atoms with Crippen molar-refractivity contribution in [1.82, 2.24) is 0 Å². The Morgan fingerprint density at radius 3 is 1.67 bits per heavy atom. The Morgan fingerprint density at radius 2 is 1.27 bits per heavy atom. The van der Waals surface area contributed by atoms with Gasteiger partial charge in [-0.1, -0.05) is 0 Å². The molecule has 5 heteroatoms. The third kappa shape index (κ3) is 2.49. The van der Waals surface area contributed by atoms with Gasteiger partial charge in [0.1, 0.15) is 0 Å². The van der Waals surface area contributed by atoms with Crippen LogP contribution in [0.2, 0.25) is 0 Å². The predicted molar refractivity (Wildman–Crippen MR) is 52.9 cm³/mol. The topological polar surface area (TPSA) is 101 Å². The molecular weight excluding hydrogens is 200 g/mol. The first kappa shape index (κ1) is 12.9. The van der Waals surface area contributed by atoms with E-state index in [0.717, 1.165) is 0 Å². The van der Waals surface area contributed by atoms with Crippen molar-refractivity contribution >= 4 is 0 Å². The first-order valence-electron chi connectivity index (χ1n) is 5.31. The van der Waals surface area contributed by atoms with Gasteiger partial charge in [0, 0.05) is 32.3 Å². The van der Waals surface area contributed by atoms with Gasteiger partial charge in [0.05, 0.1) is 6.10 Å².